The molecular weight excluding hydrogens is 642 g/mol. The van der Waals surface area contributed by atoms with Crippen LogP contribution in [0.1, 0.15) is 33.9 Å². The lowest BCUT2D eigenvalue weighted by molar-refractivity contribution is -0.123. The van der Waals surface area contributed by atoms with Gasteiger partial charge in [-0.05, 0) is 86.1 Å². The van der Waals surface area contributed by atoms with Gasteiger partial charge in [0.25, 0.3) is 5.91 Å². The number of ether oxygens (including phenoxy) is 1. The number of aromatic amines is 1. The zero-order valence-electron chi connectivity index (χ0n) is 25.0. The van der Waals surface area contributed by atoms with Crippen LogP contribution in [0, 0.1) is 43.4 Å². The van der Waals surface area contributed by atoms with Crippen molar-refractivity contribution in [1.29, 1.82) is 0 Å². The first-order valence-corrected chi connectivity index (χ1v) is 17.4. The molecule has 2 N–H and O–H groups in total. The molecule has 1 aromatic heterocycles. The minimum atomic E-state index is -0.427. The maximum Gasteiger partial charge on any atom is 0.305 e. The number of imide groups is 1. The fourth-order valence-electron chi connectivity index (χ4n) is 8.27. The maximum absolute atomic E-state index is 14.1. The van der Waals surface area contributed by atoms with E-state index < -0.39 is 5.92 Å². The highest BCUT2D eigenvalue weighted by molar-refractivity contribution is 8.00. The topological polar surface area (TPSA) is 109 Å². The third kappa shape index (κ3) is 4.72. The monoisotopic (exact) mass is 671 g/mol. The molecule has 2 aliphatic heterocycles. The molecule has 46 heavy (non-hydrogen) atoms. The van der Waals surface area contributed by atoms with Gasteiger partial charge in [-0.2, -0.15) is 0 Å². The number of halogens is 1. The minimum Gasteiger partial charge on any atom is -0.483 e. The number of thioether (sulfide) groups is 1. The number of nitrogens with zero attached hydrogens (tertiary/aromatic N) is 1. The zero-order valence-corrected chi connectivity index (χ0v) is 27.4. The van der Waals surface area contributed by atoms with Gasteiger partial charge in [0.1, 0.15) is 5.75 Å². The molecule has 3 fully saturated rings. The maximum atomic E-state index is 14.1. The molecule has 2 aliphatic carbocycles. The summed E-state index contributed by atoms with van der Waals surface area (Å²) in [5.74, 6) is -1.30. The van der Waals surface area contributed by atoms with Crippen LogP contribution in [0.2, 0.25) is 5.02 Å². The number of carbonyl (C=O) groups excluding carboxylic acids is 3. The van der Waals surface area contributed by atoms with Crippen LogP contribution >= 0.6 is 34.7 Å². The second kappa shape index (κ2) is 11.1. The molecule has 4 aliphatic rings. The summed E-state index contributed by atoms with van der Waals surface area (Å²) in [7, 11) is 0. The first-order chi connectivity index (χ1) is 22.2. The van der Waals surface area contributed by atoms with E-state index in [1.165, 1.54) is 4.90 Å². The number of anilines is 2. The summed E-state index contributed by atoms with van der Waals surface area (Å²) in [6.45, 7) is 3.71. The molecule has 8 nitrogen and oxygen atoms in total. The van der Waals surface area contributed by atoms with Gasteiger partial charge in [0.15, 0.2) is 6.61 Å². The SMILES string of the molecule is Cc1ccc(N2C(=O)[C@H]3[C@H]4C[C@@H]([C@@H]3C2=O)[C@@H]2[C@H](c3cc(Cl)ccc3OCC(=O)Nc3cccc(C)c3)c3sc(=O)[nH]c3S[C@H]42)cc1. The Bertz CT molecular complexity index is 1970. The van der Waals surface area contributed by atoms with Gasteiger partial charge in [-0.15, -0.1) is 11.8 Å². The molecule has 234 valence electrons. The fraction of sp³-hybridized carbons (Fsp3) is 0.314. The van der Waals surface area contributed by atoms with Crippen LogP contribution in [0.3, 0.4) is 0 Å². The highest BCUT2D eigenvalue weighted by atomic mass is 35.5. The quantitative estimate of drug-likeness (QED) is 0.230. The fourth-order valence-corrected chi connectivity index (χ4v) is 11.3. The van der Waals surface area contributed by atoms with Gasteiger partial charge < -0.3 is 15.0 Å². The van der Waals surface area contributed by atoms with Gasteiger partial charge in [-0.25, -0.2) is 0 Å². The Labute approximate surface area is 278 Å². The second-order valence-corrected chi connectivity index (χ2v) is 15.3. The summed E-state index contributed by atoms with van der Waals surface area (Å²) in [6, 6.07) is 20.4. The first kappa shape index (κ1) is 29.5. The van der Waals surface area contributed by atoms with Crippen LogP contribution in [-0.2, 0) is 14.4 Å². The van der Waals surface area contributed by atoms with Crippen LogP contribution in [0.25, 0.3) is 0 Å². The van der Waals surface area contributed by atoms with Crippen molar-refractivity contribution in [2.75, 3.05) is 16.8 Å². The largest absolute Gasteiger partial charge is 0.483 e. The van der Waals surface area contributed by atoms with Crippen LogP contribution in [0.4, 0.5) is 11.4 Å². The van der Waals surface area contributed by atoms with Crippen molar-refractivity contribution in [2.45, 2.75) is 36.5 Å². The average molecular weight is 672 g/mol. The molecule has 7 atom stereocenters. The Balaban J connectivity index is 1.14. The van der Waals surface area contributed by atoms with Crippen molar-refractivity contribution in [3.8, 4) is 5.75 Å². The third-order valence-electron chi connectivity index (χ3n) is 9.98. The summed E-state index contributed by atoms with van der Waals surface area (Å²) >= 11 is 9.38. The molecule has 3 amide bonds. The lowest BCUT2D eigenvalue weighted by atomic mass is 9.68. The normalized spacial score (nSPS) is 27.4. The van der Waals surface area contributed by atoms with Crippen LogP contribution in [0.5, 0.6) is 5.75 Å². The van der Waals surface area contributed by atoms with Gasteiger partial charge in [-0.3, -0.25) is 24.1 Å². The number of H-pyrrole nitrogens is 1. The number of aromatic nitrogens is 1. The van der Waals surface area contributed by atoms with Gasteiger partial charge in [0, 0.05) is 32.3 Å². The summed E-state index contributed by atoms with van der Waals surface area (Å²) < 4.78 is 6.18. The minimum absolute atomic E-state index is 0.0140. The zero-order chi connectivity index (χ0) is 31.9. The number of amides is 3. The Morgan fingerprint density at radius 2 is 1.74 bits per heavy atom. The van der Waals surface area contributed by atoms with Crippen LogP contribution in [-0.4, -0.2) is 34.6 Å². The van der Waals surface area contributed by atoms with Gasteiger partial charge >= 0.3 is 4.87 Å². The van der Waals surface area contributed by atoms with E-state index >= 15 is 0 Å². The molecule has 0 radical (unpaired) electrons. The molecule has 1 saturated heterocycles. The smallest absolute Gasteiger partial charge is 0.305 e. The highest BCUT2D eigenvalue weighted by Gasteiger charge is 2.69. The summed E-state index contributed by atoms with van der Waals surface area (Å²) in [5.41, 5.74) is 4.16. The van der Waals surface area contributed by atoms with E-state index in [1.807, 2.05) is 68.4 Å². The molecular formula is C35H30ClN3O5S2. The van der Waals surface area contributed by atoms with Gasteiger partial charge in [0.05, 0.1) is 22.5 Å². The van der Waals surface area contributed by atoms with E-state index in [4.69, 9.17) is 16.3 Å². The summed E-state index contributed by atoms with van der Waals surface area (Å²) in [5, 5.41) is 4.19. The lowest BCUT2D eigenvalue weighted by Gasteiger charge is -2.43. The lowest BCUT2D eigenvalue weighted by Crippen LogP contribution is -2.42. The van der Waals surface area contributed by atoms with Crippen molar-refractivity contribution >= 4 is 63.8 Å². The number of rotatable bonds is 6. The van der Waals surface area contributed by atoms with Crippen molar-refractivity contribution in [3.05, 3.63) is 103 Å². The number of aryl methyl sites for hydroxylation is 2. The van der Waals surface area contributed by atoms with Crippen molar-refractivity contribution in [3.63, 3.8) is 0 Å². The number of thiazole rings is 1. The molecule has 2 saturated carbocycles. The Kier molecular flexibility index (Phi) is 7.15. The summed E-state index contributed by atoms with van der Waals surface area (Å²) in [6.07, 6.45) is 0.766. The first-order valence-electron chi connectivity index (χ1n) is 15.3. The van der Waals surface area contributed by atoms with E-state index in [0.29, 0.717) is 22.1 Å². The molecule has 0 unspecified atom stereocenters. The molecule has 11 heteroatoms. The predicted octanol–water partition coefficient (Wildman–Crippen LogP) is 6.40. The van der Waals surface area contributed by atoms with E-state index in [9.17, 15) is 19.2 Å². The average Bonchev–Trinajstić information content (AvgIpc) is 3.76. The molecule has 3 aromatic carbocycles. The summed E-state index contributed by atoms with van der Waals surface area (Å²) in [4.78, 5) is 58.8. The predicted molar refractivity (Wildman–Crippen MR) is 179 cm³/mol. The molecule has 3 heterocycles. The van der Waals surface area contributed by atoms with Gasteiger partial charge in [-0.1, -0.05) is 52.8 Å². The Hall–Kier alpha value is -3.86. The molecule has 2 bridgehead atoms. The molecule has 0 spiro atoms. The number of nitrogens with one attached hydrogen (secondary N) is 2. The molecule has 4 aromatic rings. The Morgan fingerprint density at radius 3 is 2.50 bits per heavy atom. The van der Waals surface area contributed by atoms with E-state index in [0.717, 1.165) is 44.4 Å². The Morgan fingerprint density at radius 1 is 0.978 bits per heavy atom. The highest BCUT2D eigenvalue weighted by Crippen LogP contribution is 2.69. The van der Waals surface area contributed by atoms with E-state index in [-0.39, 0.29) is 64.0 Å². The number of benzene rings is 3. The van der Waals surface area contributed by atoms with Crippen LogP contribution < -0.4 is 19.8 Å². The number of hydrogen-bond donors (Lipinski definition) is 2. The number of fused-ring (bicyclic) bond motifs is 9. The van der Waals surface area contributed by atoms with E-state index in [2.05, 4.69) is 10.3 Å². The second-order valence-electron chi connectivity index (χ2n) is 12.7. The van der Waals surface area contributed by atoms with Crippen LogP contribution in [0.15, 0.2) is 76.6 Å². The van der Waals surface area contributed by atoms with Crippen molar-refractivity contribution in [1.82, 2.24) is 4.98 Å². The number of carbonyl (C=O) groups is 3. The third-order valence-corrected chi connectivity index (χ3v) is 12.8. The van der Waals surface area contributed by atoms with Gasteiger partial charge in [0.2, 0.25) is 11.8 Å². The van der Waals surface area contributed by atoms with Crippen molar-refractivity contribution < 1.29 is 19.1 Å². The number of hydrogen-bond acceptors (Lipinski definition) is 7. The molecule has 8 rings (SSSR count). The van der Waals surface area contributed by atoms with E-state index in [1.54, 1.807) is 23.9 Å². The standard InChI is InChI=1S/C35H30ClN3O5S2/c1-16-6-9-20(10-7-16)39-33(41)28-22-14-23(29(28)34(39)42)30-27(22)26(31-32(45-30)38-35(43)46-31)21-13-18(36)8-11-24(21)44-15-25(40)37-19-5-3-4-17(2)12-19/h3-13,22-23,26-30H,14-15H2,1-2H3,(H,37,40)(H,38,43)/t22-,23-,26+,27-,28+,29+,30-/m1/s1. The van der Waals surface area contributed by atoms with Crippen molar-refractivity contribution in [2.24, 2.45) is 29.6 Å².